The van der Waals surface area contributed by atoms with Gasteiger partial charge in [-0.3, -0.25) is 4.79 Å². The number of aromatic carboxylic acids is 1. The van der Waals surface area contributed by atoms with E-state index in [1.165, 1.54) is 5.38 Å². The van der Waals surface area contributed by atoms with Gasteiger partial charge in [0.25, 0.3) is 0 Å². The second-order valence-corrected chi connectivity index (χ2v) is 3.73. The van der Waals surface area contributed by atoms with Crippen LogP contribution in [0.25, 0.3) is 0 Å². The minimum atomic E-state index is -1.09. The molecule has 0 aliphatic carbocycles. The van der Waals surface area contributed by atoms with Gasteiger partial charge in [-0.1, -0.05) is 13.3 Å². The normalized spacial score (nSPS) is 10.1. The van der Waals surface area contributed by atoms with Crippen LogP contribution in [0.4, 0.5) is 0 Å². The molecule has 0 aromatic carbocycles. The molecule has 0 radical (unpaired) electrons. The first-order chi connectivity index (χ1) is 6.65. The van der Waals surface area contributed by atoms with E-state index in [1.54, 1.807) is 0 Å². The van der Waals surface area contributed by atoms with Gasteiger partial charge in [0.15, 0.2) is 16.5 Å². The molecule has 76 valence electrons. The summed E-state index contributed by atoms with van der Waals surface area (Å²) in [5, 5.41) is 10.3. The number of unbranched alkanes of at least 4 members (excludes halogenated alkanes) is 1. The molecule has 4 nitrogen and oxygen atoms in total. The average Bonchev–Trinajstić information content (AvgIpc) is 2.62. The van der Waals surface area contributed by atoms with Crippen molar-refractivity contribution in [3.05, 3.63) is 16.1 Å². The number of carboxylic acid groups (broad SMARTS) is 1. The molecule has 0 saturated carbocycles. The number of Topliss-reactive ketones (excluding diaryl/α,β-unsaturated/α-hetero) is 1. The van der Waals surface area contributed by atoms with Gasteiger partial charge in [-0.25, -0.2) is 9.78 Å². The molecule has 1 aromatic heterocycles. The van der Waals surface area contributed by atoms with E-state index < -0.39 is 5.97 Å². The lowest BCUT2D eigenvalue weighted by molar-refractivity contribution is 0.0691. The summed E-state index contributed by atoms with van der Waals surface area (Å²) in [5.41, 5.74) is -0.0464. The lowest BCUT2D eigenvalue weighted by Crippen LogP contribution is -2.01. The van der Waals surface area contributed by atoms with Gasteiger partial charge in [0, 0.05) is 11.8 Å². The van der Waals surface area contributed by atoms with E-state index >= 15 is 0 Å². The molecule has 1 N–H and O–H groups in total. The van der Waals surface area contributed by atoms with Crippen LogP contribution in [0.3, 0.4) is 0 Å². The zero-order valence-electron chi connectivity index (χ0n) is 7.82. The van der Waals surface area contributed by atoms with E-state index in [-0.39, 0.29) is 11.5 Å². The number of aromatic nitrogens is 1. The molecule has 0 aliphatic heterocycles. The van der Waals surface area contributed by atoms with E-state index in [0.29, 0.717) is 11.4 Å². The van der Waals surface area contributed by atoms with Gasteiger partial charge >= 0.3 is 5.97 Å². The van der Waals surface area contributed by atoms with E-state index in [1.807, 2.05) is 6.92 Å². The first kappa shape index (κ1) is 10.8. The minimum Gasteiger partial charge on any atom is -0.476 e. The van der Waals surface area contributed by atoms with E-state index in [2.05, 4.69) is 4.98 Å². The quantitative estimate of drug-likeness (QED) is 0.761. The molecular formula is C9H11NO3S. The maximum Gasteiger partial charge on any atom is 0.355 e. The van der Waals surface area contributed by atoms with Crippen molar-refractivity contribution in [1.29, 1.82) is 0 Å². The van der Waals surface area contributed by atoms with Crippen molar-refractivity contribution in [1.82, 2.24) is 4.98 Å². The molecular weight excluding hydrogens is 202 g/mol. The number of carbonyl (C=O) groups is 2. The van der Waals surface area contributed by atoms with Crippen LogP contribution in [0, 0.1) is 0 Å². The van der Waals surface area contributed by atoms with Crippen molar-refractivity contribution in [2.75, 3.05) is 0 Å². The highest BCUT2D eigenvalue weighted by Gasteiger charge is 2.13. The number of rotatable bonds is 5. The fraction of sp³-hybridized carbons (Fsp3) is 0.444. The molecule has 0 bridgehead atoms. The van der Waals surface area contributed by atoms with E-state index in [4.69, 9.17) is 5.11 Å². The van der Waals surface area contributed by atoms with Crippen LogP contribution >= 0.6 is 11.3 Å². The summed E-state index contributed by atoms with van der Waals surface area (Å²) in [6.07, 6.45) is 2.22. The number of thiazole rings is 1. The largest absolute Gasteiger partial charge is 0.476 e. The van der Waals surface area contributed by atoms with Crippen LogP contribution in [0.2, 0.25) is 0 Å². The van der Waals surface area contributed by atoms with E-state index in [9.17, 15) is 9.59 Å². The Morgan fingerprint density at radius 3 is 2.79 bits per heavy atom. The van der Waals surface area contributed by atoms with Gasteiger partial charge in [-0.2, -0.15) is 0 Å². The van der Waals surface area contributed by atoms with Gasteiger partial charge < -0.3 is 5.11 Å². The number of carbonyl (C=O) groups excluding carboxylic acids is 1. The Bertz CT molecular complexity index is 346. The monoisotopic (exact) mass is 213 g/mol. The molecule has 1 rings (SSSR count). The fourth-order valence-electron chi connectivity index (χ4n) is 0.944. The number of carboxylic acids is 1. The lowest BCUT2D eigenvalue weighted by Gasteiger charge is -1.93. The van der Waals surface area contributed by atoms with Crippen LogP contribution < -0.4 is 0 Å². The minimum absolute atomic E-state index is 0.0464. The summed E-state index contributed by atoms with van der Waals surface area (Å²) >= 11 is 1.09. The number of nitrogens with zero attached hydrogens (tertiary/aromatic N) is 1. The molecule has 14 heavy (non-hydrogen) atoms. The third-order valence-corrected chi connectivity index (χ3v) is 2.60. The topological polar surface area (TPSA) is 67.3 Å². The molecule has 0 aliphatic rings. The highest BCUT2D eigenvalue weighted by Crippen LogP contribution is 2.13. The van der Waals surface area contributed by atoms with Crippen molar-refractivity contribution < 1.29 is 14.7 Å². The van der Waals surface area contributed by atoms with Crippen LogP contribution in [0.1, 0.15) is 46.5 Å². The van der Waals surface area contributed by atoms with Crippen LogP contribution in [-0.2, 0) is 0 Å². The van der Waals surface area contributed by atoms with Crippen LogP contribution in [0.15, 0.2) is 5.38 Å². The third kappa shape index (κ3) is 2.63. The zero-order chi connectivity index (χ0) is 10.6. The summed E-state index contributed by atoms with van der Waals surface area (Å²) in [5.74, 6) is -1.15. The predicted octanol–water partition coefficient (Wildman–Crippen LogP) is 2.21. The molecule has 1 aromatic rings. The standard InChI is InChI=1S/C9H11NO3S/c1-2-3-4-7(11)8-10-6(5-14-8)9(12)13/h5H,2-4H2,1H3,(H,12,13). The van der Waals surface area contributed by atoms with Gasteiger partial charge in [0.05, 0.1) is 0 Å². The average molecular weight is 213 g/mol. The van der Waals surface area contributed by atoms with Gasteiger partial charge in [0.1, 0.15) is 0 Å². The summed E-state index contributed by atoms with van der Waals surface area (Å²) in [6, 6.07) is 0. The third-order valence-electron chi connectivity index (χ3n) is 1.72. The van der Waals surface area contributed by atoms with Crippen molar-refractivity contribution in [2.24, 2.45) is 0 Å². The molecule has 0 spiro atoms. The van der Waals surface area contributed by atoms with Gasteiger partial charge in [-0.15, -0.1) is 11.3 Å². The molecule has 0 amide bonds. The van der Waals surface area contributed by atoms with Crippen molar-refractivity contribution in [3.8, 4) is 0 Å². The Morgan fingerprint density at radius 2 is 2.29 bits per heavy atom. The Kier molecular flexibility index (Phi) is 3.76. The van der Waals surface area contributed by atoms with Gasteiger partial charge in [-0.05, 0) is 6.42 Å². The lowest BCUT2D eigenvalue weighted by atomic mass is 10.2. The SMILES string of the molecule is CCCCC(=O)c1nc(C(=O)O)cs1. The first-order valence-corrected chi connectivity index (χ1v) is 5.25. The number of hydrogen-bond donors (Lipinski definition) is 1. The van der Waals surface area contributed by atoms with Crippen molar-refractivity contribution >= 4 is 23.1 Å². The number of ketones is 1. The van der Waals surface area contributed by atoms with Crippen LogP contribution in [-0.4, -0.2) is 21.8 Å². The first-order valence-electron chi connectivity index (χ1n) is 4.37. The molecule has 0 unspecified atom stereocenters. The molecule has 1 heterocycles. The van der Waals surface area contributed by atoms with Crippen LogP contribution in [0.5, 0.6) is 0 Å². The predicted molar refractivity (Wildman–Crippen MR) is 52.9 cm³/mol. The van der Waals surface area contributed by atoms with Crippen molar-refractivity contribution in [3.63, 3.8) is 0 Å². The Balaban J connectivity index is 2.66. The summed E-state index contributed by atoms with van der Waals surface area (Å²) in [4.78, 5) is 25.6. The Labute approximate surface area is 85.6 Å². The van der Waals surface area contributed by atoms with Gasteiger partial charge in [0.2, 0.25) is 0 Å². The highest BCUT2D eigenvalue weighted by molar-refractivity contribution is 7.11. The molecule has 0 fully saturated rings. The van der Waals surface area contributed by atoms with Crippen molar-refractivity contribution in [2.45, 2.75) is 26.2 Å². The smallest absolute Gasteiger partial charge is 0.355 e. The Morgan fingerprint density at radius 1 is 1.57 bits per heavy atom. The maximum atomic E-state index is 11.4. The maximum absolute atomic E-state index is 11.4. The second kappa shape index (κ2) is 4.85. The fourth-order valence-corrected chi connectivity index (χ4v) is 1.71. The highest BCUT2D eigenvalue weighted by atomic mass is 32.1. The molecule has 0 saturated heterocycles. The summed E-state index contributed by atoms with van der Waals surface area (Å²) < 4.78 is 0. The molecule has 0 atom stereocenters. The zero-order valence-corrected chi connectivity index (χ0v) is 8.63. The Hall–Kier alpha value is -1.23. The number of hydrogen-bond acceptors (Lipinski definition) is 4. The summed E-state index contributed by atoms with van der Waals surface area (Å²) in [6.45, 7) is 2.00. The second-order valence-electron chi connectivity index (χ2n) is 2.87. The van der Waals surface area contributed by atoms with E-state index in [0.717, 1.165) is 24.2 Å². The molecule has 5 heteroatoms. The summed E-state index contributed by atoms with van der Waals surface area (Å²) in [7, 11) is 0.